The van der Waals surface area contributed by atoms with E-state index in [4.69, 9.17) is 0 Å². The Hall–Kier alpha value is -3.34. The molecule has 5 nitrogen and oxygen atoms in total. The van der Waals surface area contributed by atoms with Gasteiger partial charge in [-0.2, -0.15) is 0 Å². The fraction of sp³-hybridized carbons (Fsp3) is 0.379. The SMILES string of the molecule is CCC(C)c1c2n(c3cc(C=O)ccc13)CCCn1cc(C(=O)N(CC)CC)c3cccc-2c31. The van der Waals surface area contributed by atoms with Crippen LogP contribution in [0.25, 0.3) is 33.1 Å². The summed E-state index contributed by atoms with van der Waals surface area (Å²) in [6.45, 7) is 11.7. The van der Waals surface area contributed by atoms with Crippen LogP contribution in [-0.2, 0) is 13.1 Å². The molecule has 0 saturated heterocycles. The average Bonchev–Trinajstić information content (AvgIpc) is 3.38. The molecular weight excluding hydrogens is 422 g/mol. The number of para-hydroxylation sites is 1. The molecule has 5 rings (SSSR count). The molecule has 5 heteroatoms. The molecule has 3 heterocycles. The van der Waals surface area contributed by atoms with Gasteiger partial charge in [-0.25, -0.2) is 0 Å². The predicted octanol–water partition coefficient (Wildman–Crippen LogP) is 6.47. The number of hydrogen-bond acceptors (Lipinski definition) is 2. The number of carbonyl (C=O) groups is 2. The van der Waals surface area contributed by atoms with Crippen LogP contribution in [0.2, 0.25) is 0 Å². The van der Waals surface area contributed by atoms with Crippen molar-refractivity contribution in [2.75, 3.05) is 13.1 Å². The lowest BCUT2D eigenvalue weighted by Gasteiger charge is -2.20. The van der Waals surface area contributed by atoms with Crippen molar-refractivity contribution in [2.24, 2.45) is 0 Å². The van der Waals surface area contributed by atoms with Gasteiger partial charge in [0.15, 0.2) is 0 Å². The van der Waals surface area contributed by atoms with Gasteiger partial charge in [-0.3, -0.25) is 9.59 Å². The van der Waals surface area contributed by atoms with Gasteiger partial charge in [0, 0.05) is 59.8 Å². The van der Waals surface area contributed by atoms with E-state index in [1.165, 1.54) is 22.2 Å². The minimum Gasteiger partial charge on any atom is -0.346 e. The molecule has 1 aliphatic rings. The Morgan fingerprint density at radius 2 is 1.88 bits per heavy atom. The average molecular weight is 456 g/mol. The summed E-state index contributed by atoms with van der Waals surface area (Å²) in [5, 5.41) is 2.25. The summed E-state index contributed by atoms with van der Waals surface area (Å²) in [7, 11) is 0. The Balaban J connectivity index is 1.86. The van der Waals surface area contributed by atoms with Gasteiger partial charge >= 0.3 is 0 Å². The number of nitrogens with zero attached hydrogens (tertiary/aromatic N) is 3. The van der Waals surface area contributed by atoms with Gasteiger partial charge in [-0.15, -0.1) is 0 Å². The lowest BCUT2D eigenvalue weighted by molar-refractivity contribution is 0.0774. The molecule has 176 valence electrons. The number of hydrogen-bond donors (Lipinski definition) is 0. The molecule has 1 amide bonds. The van der Waals surface area contributed by atoms with Crippen LogP contribution in [0.15, 0.2) is 42.6 Å². The zero-order valence-electron chi connectivity index (χ0n) is 20.6. The molecule has 0 radical (unpaired) electrons. The maximum absolute atomic E-state index is 13.4. The summed E-state index contributed by atoms with van der Waals surface area (Å²) in [5.41, 5.74) is 7.52. The Morgan fingerprint density at radius 3 is 2.59 bits per heavy atom. The summed E-state index contributed by atoms with van der Waals surface area (Å²) < 4.78 is 4.71. The molecule has 0 N–H and O–H groups in total. The first-order valence-electron chi connectivity index (χ1n) is 12.6. The van der Waals surface area contributed by atoms with Gasteiger partial charge in [-0.05, 0) is 44.2 Å². The molecule has 0 aliphatic carbocycles. The quantitative estimate of drug-likeness (QED) is 0.313. The maximum Gasteiger partial charge on any atom is 0.256 e. The third kappa shape index (κ3) is 3.29. The number of aldehydes is 1. The predicted molar refractivity (Wildman–Crippen MR) is 139 cm³/mol. The van der Waals surface area contributed by atoms with E-state index in [1.807, 2.05) is 30.9 Å². The number of rotatable bonds is 6. The van der Waals surface area contributed by atoms with Crippen molar-refractivity contribution in [1.82, 2.24) is 14.0 Å². The smallest absolute Gasteiger partial charge is 0.256 e. The Bertz CT molecular complexity index is 1400. The minimum absolute atomic E-state index is 0.100. The van der Waals surface area contributed by atoms with Crippen LogP contribution in [0.1, 0.15) is 72.7 Å². The lowest BCUT2D eigenvalue weighted by Crippen LogP contribution is -2.30. The van der Waals surface area contributed by atoms with Crippen molar-refractivity contribution < 1.29 is 9.59 Å². The van der Waals surface area contributed by atoms with Crippen molar-refractivity contribution in [1.29, 1.82) is 0 Å². The molecule has 2 aromatic heterocycles. The minimum atomic E-state index is 0.100. The molecule has 1 atom stereocenters. The maximum atomic E-state index is 13.4. The summed E-state index contributed by atoms with van der Waals surface area (Å²) in [5.74, 6) is 0.471. The highest BCUT2D eigenvalue weighted by Gasteiger charge is 2.28. The number of amides is 1. The van der Waals surface area contributed by atoms with Gasteiger partial charge in [-0.1, -0.05) is 44.2 Å². The first-order chi connectivity index (χ1) is 16.5. The van der Waals surface area contributed by atoms with Crippen LogP contribution in [0.5, 0.6) is 0 Å². The first-order valence-corrected chi connectivity index (χ1v) is 12.6. The van der Waals surface area contributed by atoms with Crippen LogP contribution in [0, 0.1) is 0 Å². The number of carbonyl (C=O) groups excluding carboxylic acids is 2. The molecule has 0 spiro atoms. The molecular formula is C29H33N3O2. The van der Waals surface area contributed by atoms with Crippen LogP contribution in [0.4, 0.5) is 0 Å². The normalized spacial score (nSPS) is 14.0. The fourth-order valence-corrected chi connectivity index (χ4v) is 5.67. The van der Waals surface area contributed by atoms with Crippen molar-refractivity contribution in [2.45, 2.75) is 59.5 Å². The van der Waals surface area contributed by atoms with Gasteiger partial charge in [0.1, 0.15) is 6.29 Å². The van der Waals surface area contributed by atoms with Crippen LogP contribution in [0.3, 0.4) is 0 Å². The second kappa shape index (κ2) is 8.79. The zero-order chi connectivity index (χ0) is 24.0. The number of aromatic nitrogens is 2. The van der Waals surface area contributed by atoms with Crippen molar-refractivity contribution in [3.8, 4) is 11.3 Å². The number of aryl methyl sites for hydroxylation is 2. The highest BCUT2D eigenvalue weighted by molar-refractivity contribution is 6.11. The van der Waals surface area contributed by atoms with E-state index in [1.54, 1.807) is 0 Å². The van der Waals surface area contributed by atoms with Gasteiger partial charge in [0.2, 0.25) is 0 Å². The largest absolute Gasteiger partial charge is 0.346 e. The lowest BCUT2D eigenvalue weighted by atomic mass is 9.91. The molecule has 2 aromatic carbocycles. The number of fused-ring (bicyclic) bond motifs is 4. The summed E-state index contributed by atoms with van der Waals surface area (Å²) in [6.07, 6.45) is 4.99. The van der Waals surface area contributed by atoms with E-state index in [0.29, 0.717) is 24.6 Å². The fourth-order valence-electron chi connectivity index (χ4n) is 5.67. The highest BCUT2D eigenvalue weighted by atomic mass is 16.2. The van der Waals surface area contributed by atoms with Gasteiger partial charge in [0.05, 0.1) is 16.8 Å². The Kier molecular flexibility index (Phi) is 5.80. The molecule has 0 saturated carbocycles. The molecule has 34 heavy (non-hydrogen) atoms. The van der Waals surface area contributed by atoms with E-state index in [-0.39, 0.29) is 5.91 Å². The second-order valence-electron chi connectivity index (χ2n) is 9.39. The molecule has 4 aromatic rings. The summed E-state index contributed by atoms with van der Waals surface area (Å²) in [4.78, 5) is 26.9. The van der Waals surface area contributed by atoms with E-state index < -0.39 is 0 Å². The molecule has 1 unspecified atom stereocenters. The van der Waals surface area contributed by atoms with Crippen LogP contribution in [-0.4, -0.2) is 39.3 Å². The van der Waals surface area contributed by atoms with Crippen molar-refractivity contribution in [3.63, 3.8) is 0 Å². The topological polar surface area (TPSA) is 47.2 Å². The van der Waals surface area contributed by atoms with E-state index in [0.717, 1.165) is 54.2 Å². The zero-order valence-corrected chi connectivity index (χ0v) is 20.6. The first kappa shape index (κ1) is 22.5. The Labute approximate surface area is 201 Å². The van der Waals surface area contributed by atoms with Crippen molar-refractivity contribution in [3.05, 3.63) is 59.3 Å². The molecule has 0 fully saturated rings. The van der Waals surface area contributed by atoms with Gasteiger partial charge in [0.25, 0.3) is 5.91 Å². The van der Waals surface area contributed by atoms with Crippen LogP contribution >= 0.6 is 0 Å². The highest BCUT2D eigenvalue weighted by Crippen LogP contribution is 2.44. The van der Waals surface area contributed by atoms with Gasteiger partial charge < -0.3 is 14.0 Å². The number of benzene rings is 2. The summed E-state index contributed by atoms with van der Waals surface area (Å²) >= 11 is 0. The van der Waals surface area contributed by atoms with E-state index in [2.05, 4.69) is 53.4 Å². The van der Waals surface area contributed by atoms with E-state index >= 15 is 0 Å². The van der Waals surface area contributed by atoms with Crippen molar-refractivity contribution >= 4 is 34.0 Å². The van der Waals surface area contributed by atoms with E-state index in [9.17, 15) is 9.59 Å². The third-order valence-corrected chi connectivity index (χ3v) is 7.58. The molecule has 1 aliphatic heterocycles. The Morgan fingerprint density at radius 1 is 1.09 bits per heavy atom. The van der Waals surface area contributed by atoms with Crippen LogP contribution < -0.4 is 0 Å². The monoisotopic (exact) mass is 455 g/mol. The standard InChI is InChI=1S/C29H33N3O2/c1-5-19(4)26-22-13-12-20(18-33)16-25(22)32-15-9-14-31-17-24(29(34)30(6-2)7-3)21-10-8-11-23(27(21)31)28(26)32/h8,10-13,16-19H,5-7,9,14-15H2,1-4H3. The third-order valence-electron chi connectivity index (χ3n) is 7.58. The molecule has 0 bridgehead atoms. The summed E-state index contributed by atoms with van der Waals surface area (Å²) in [6, 6.07) is 12.5. The second-order valence-corrected chi connectivity index (χ2v) is 9.39.